The third-order valence-electron chi connectivity index (χ3n) is 4.90. The summed E-state index contributed by atoms with van der Waals surface area (Å²) in [6.45, 7) is 4.45. The van der Waals surface area contributed by atoms with Crippen molar-refractivity contribution in [1.82, 2.24) is 0 Å². The minimum atomic E-state index is -0.541. The van der Waals surface area contributed by atoms with Crippen LogP contribution in [-0.2, 0) is 0 Å². The lowest BCUT2D eigenvalue weighted by molar-refractivity contribution is -0.0804. The van der Waals surface area contributed by atoms with E-state index in [1.165, 1.54) is 12.1 Å². The van der Waals surface area contributed by atoms with E-state index < -0.39 is 6.10 Å². The highest BCUT2D eigenvalue weighted by Crippen LogP contribution is 2.49. The Balaban J connectivity index is 1.95. The molecule has 3 rings (SSSR count). The van der Waals surface area contributed by atoms with Crippen LogP contribution in [0.4, 0.5) is 4.39 Å². The average molecular weight is 264 g/mol. The Morgan fingerprint density at radius 1 is 1.37 bits per heavy atom. The molecule has 1 aliphatic heterocycles. The van der Waals surface area contributed by atoms with Gasteiger partial charge in [0.25, 0.3) is 0 Å². The molecule has 0 aromatic heterocycles. The van der Waals surface area contributed by atoms with Crippen LogP contribution in [0.5, 0.6) is 5.75 Å². The first-order valence-corrected chi connectivity index (χ1v) is 7.17. The normalized spacial score (nSPS) is 37.8. The van der Waals surface area contributed by atoms with Crippen molar-refractivity contribution in [2.75, 3.05) is 0 Å². The van der Waals surface area contributed by atoms with E-state index in [2.05, 4.69) is 13.8 Å². The molecule has 1 saturated carbocycles. The number of aliphatic hydroxyl groups is 1. The monoisotopic (exact) mass is 264 g/mol. The predicted molar refractivity (Wildman–Crippen MR) is 71.5 cm³/mol. The van der Waals surface area contributed by atoms with E-state index in [1.807, 2.05) is 0 Å². The molecule has 19 heavy (non-hydrogen) atoms. The Morgan fingerprint density at radius 2 is 2.16 bits per heavy atom. The quantitative estimate of drug-likeness (QED) is 0.771. The van der Waals surface area contributed by atoms with Crippen molar-refractivity contribution in [3.63, 3.8) is 0 Å². The lowest BCUT2D eigenvalue weighted by Crippen LogP contribution is -2.49. The molecule has 1 aromatic rings. The zero-order valence-corrected chi connectivity index (χ0v) is 11.5. The molecule has 1 fully saturated rings. The van der Waals surface area contributed by atoms with E-state index in [-0.39, 0.29) is 11.4 Å². The minimum absolute atomic E-state index is 0.306. The molecule has 0 amide bonds. The zero-order valence-electron chi connectivity index (χ0n) is 11.5. The van der Waals surface area contributed by atoms with Crippen molar-refractivity contribution < 1.29 is 14.2 Å². The summed E-state index contributed by atoms with van der Waals surface area (Å²) in [6, 6.07) is 4.43. The van der Waals surface area contributed by atoms with Gasteiger partial charge in [-0.25, -0.2) is 4.39 Å². The number of ether oxygens (including phenoxy) is 1. The van der Waals surface area contributed by atoms with Gasteiger partial charge in [0.15, 0.2) is 0 Å². The standard InChI is InChI=1S/C16H21FO2/c1-10-5-6-16(11(2)7-10)9-14(18)13-4-3-12(17)8-15(13)19-16/h3-4,8,10-11,14,18H,5-7,9H2,1-2H3/t10?,11?,14-,16?/m0/s1. The van der Waals surface area contributed by atoms with Crippen molar-refractivity contribution in [3.05, 3.63) is 29.6 Å². The third-order valence-corrected chi connectivity index (χ3v) is 4.90. The van der Waals surface area contributed by atoms with Crippen LogP contribution in [-0.4, -0.2) is 10.7 Å². The molecule has 0 radical (unpaired) electrons. The van der Waals surface area contributed by atoms with Crippen molar-refractivity contribution in [2.24, 2.45) is 11.8 Å². The van der Waals surface area contributed by atoms with Gasteiger partial charge in [-0.05, 0) is 43.2 Å². The van der Waals surface area contributed by atoms with Gasteiger partial charge < -0.3 is 9.84 Å². The van der Waals surface area contributed by atoms with Crippen LogP contribution < -0.4 is 4.74 Å². The van der Waals surface area contributed by atoms with Crippen molar-refractivity contribution in [3.8, 4) is 5.75 Å². The fourth-order valence-corrected chi connectivity index (χ4v) is 3.70. The van der Waals surface area contributed by atoms with Gasteiger partial charge in [-0.15, -0.1) is 0 Å². The van der Waals surface area contributed by atoms with E-state index in [0.717, 1.165) is 24.8 Å². The highest BCUT2D eigenvalue weighted by atomic mass is 19.1. The van der Waals surface area contributed by atoms with E-state index in [4.69, 9.17) is 4.74 Å². The van der Waals surface area contributed by atoms with E-state index in [9.17, 15) is 9.50 Å². The second-order valence-corrected chi connectivity index (χ2v) is 6.35. The summed E-state index contributed by atoms with van der Waals surface area (Å²) in [5.74, 6) is 1.32. The number of fused-ring (bicyclic) bond motifs is 1. The van der Waals surface area contributed by atoms with E-state index in [0.29, 0.717) is 24.0 Å². The number of aliphatic hydroxyl groups excluding tert-OH is 1. The van der Waals surface area contributed by atoms with Gasteiger partial charge >= 0.3 is 0 Å². The largest absolute Gasteiger partial charge is 0.486 e. The highest BCUT2D eigenvalue weighted by Gasteiger charge is 2.47. The van der Waals surface area contributed by atoms with Gasteiger partial charge in [0.1, 0.15) is 17.2 Å². The molecule has 2 aliphatic rings. The second-order valence-electron chi connectivity index (χ2n) is 6.35. The molecule has 1 aromatic carbocycles. The molecular weight excluding hydrogens is 243 g/mol. The van der Waals surface area contributed by atoms with E-state index in [1.54, 1.807) is 6.07 Å². The predicted octanol–water partition coefficient (Wildman–Crippen LogP) is 3.84. The number of benzene rings is 1. The summed E-state index contributed by atoms with van der Waals surface area (Å²) in [6.07, 6.45) is 3.25. The van der Waals surface area contributed by atoms with Crippen LogP contribution in [0.3, 0.4) is 0 Å². The molecule has 1 heterocycles. The molecule has 2 nitrogen and oxygen atoms in total. The van der Waals surface area contributed by atoms with Gasteiger partial charge in [-0.3, -0.25) is 0 Å². The first-order valence-electron chi connectivity index (χ1n) is 7.17. The fourth-order valence-electron chi connectivity index (χ4n) is 3.70. The first kappa shape index (κ1) is 12.9. The Labute approximate surface area is 113 Å². The summed E-state index contributed by atoms with van der Waals surface area (Å²) >= 11 is 0. The second kappa shape index (κ2) is 4.48. The number of rotatable bonds is 0. The average Bonchev–Trinajstić information content (AvgIpc) is 2.34. The summed E-state index contributed by atoms with van der Waals surface area (Å²) in [5, 5.41) is 10.4. The summed E-state index contributed by atoms with van der Waals surface area (Å²) in [4.78, 5) is 0. The minimum Gasteiger partial charge on any atom is -0.486 e. The maximum absolute atomic E-state index is 13.4. The van der Waals surface area contributed by atoms with Crippen LogP contribution in [0.1, 0.15) is 51.2 Å². The maximum Gasteiger partial charge on any atom is 0.128 e. The smallest absolute Gasteiger partial charge is 0.128 e. The number of hydrogen-bond donors (Lipinski definition) is 1. The molecule has 1 N–H and O–H groups in total. The molecule has 104 valence electrons. The van der Waals surface area contributed by atoms with Gasteiger partial charge in [0.2, 0.25) is 0 Å². The molecule has 1 spiro atoms. The first-order chi connectivity index (χ1) is 9.00. The molecule has 0 bridgehead atoms. The maximum atomic E-state index is 13.4. The van der Waals surface area contributed by atoms with Crippen molar-refractivity contribution in [1.29, 1.82) is 0 Å². The Morgan fingerprint density at radius 3 is 2.89 bits per heavy atom. The zero-order chi connectivity index (χ0) is 13.6. The lowest BCUT2D eigenvalue weighted by Gasteiger charge is -2.48. The number of halogens is 1. The molecule has 3 unspecified atom stereocenters. The van der Waals surface area contributed by atoms with Gasteiger partial charge in [0.05, 0.1) is 6.10 Å². The van der Waals surface area contributed by atoms with Crippen LogP contribution in [0.2, 0.25) is 0 Å². The van der Waals surface area contributed by atoms with Gasteiger partial charge in [-0.1, -0.05) is 13.8 Å². The summed E-state index contributed by atoms with van der Waals surface area (Å²) in [5.41, 5.74) is 0.407. The summed E-state index contributed by atoms with van der Waals surface area (Å²) < 4.78 is 19.5. The molecular formula is C16H21FO2. The fraction of sp³-hybridized carbons (Fsp3) is 0.625. The highest BCUT2D eigenvalue weighted by molar-refractivity contribution is 5.38. The number of hydrogen-bond acceptors (Lipinski definition) is 2. The van der Waals surface area contributed by atoms with Crippen LogP contribution >= 0.6 is 0 Å². The molecule has 3 heteroatoms. The van der Waals surface area contributed by atoms with Gasteiger partial charge in [-0.2, -0.15) is 0 Å². The molecule has 1 aliphatic carbocycles. The third kappa shape index (κ3) is 2.14. The summed E-state index contributed by atoms with van der Waals surface area (Å²) in [7, 11) is 0. The van der Waals surface area contributed by atoms with E-state index >= 15 is 0 Å². The Bertz CT molecular complexity index is 488. The Kier molecular flexibility index (Phi) is 3.05. The molecule has 0 saturated heterocycles. The lowest BCUT2D eigenvalue weighted by atomic mass is 9.68. The van der Waals surface area contributed by atoms with Crippen molar-refractivity contribution >= 4 is 0 Å². The van der Waals surface area contributed by atoms with Crippen molar-refractivity contribution in [2.45, 2.75) is 51.2 Å². The Hall–Kier alpha value is -1.09. The van der Waals surface area contributed by atoms with Crippen LogP contribution in [0.15, 0.2) is 18.2 Å². The van der Waals surface area contributed by atoms with Gasteiger partial charge in [0, 0.05) is 18.1 Å². The van der Waals surface area contributed by atoms with Crippen LogP contribution in [0.25, 0.3) is 0 Å². The molecule has 4 atom stereocenters. The van der Waals surface area contributed by atoms with Crippen LogP contribution in [0, 0.1) is 17.7 Å². The topological polar surface area (TPSA) is 29.5 Å². The SMILES string of the molecule is CC1CCC2(C[C@H](O)c3ccc(F)cc3O2)C(C)C1.